The van der Waals surface area contributed by atoms with Crippen LogP contribution in [0.5, 0.6) is 0 Å². The van der Waals surface area contributed by atoms with Crippen LogP contribution < -0.4 is 10.3 Å². The van der Waals surface area contributed by atoms with E-state index < -0.39 is 6.04 Å². The van der Waals surface area contributed by atoms with E-state index in [-0.39, 0.29) is 17.1 Å². The third kappa shape index (κ3) is 2.79. The molecule has 6 heteroatoms. The lowest BCUT2D eigenvalue weighted by Gasteiger charge is -2.24. The van der Waals surface area contributed by atoms with E-state index in [9.17, 15) is 9.59 Å². The van der Waals surface area contributed by atoms with E-state index in [4.69, 9.17) is 4.42 Å². The van der Waals surface area contributed by atoms with Gasteiger partial charge in [0.25, 0.3) is 5.91 Å². The summed E-state index contributed by atoms with van der Waals surface area (Å²) in [7, 11) is 0. The maximum Gasteiger partial charge on any atom is 0.296 e. The van der Waals surface area contributed by atoms with Crippen molar-refractivity contribution in [1.29, 1.82) is 0 Å². The van der Waals surface area contributed by atoms with E-state index in [1.165, 1.54) is 4.90 Å². The third-order valence-corrected chi connectivity index (χ3v) is 5.58. The Morgan fingerprint density at radius 3 is 2.62 bits per heavy atom. The Labute approximate surface area is 174 Å². The van der Waals surface area contributed by atoms with E-state index in [2.05, 4.69) is 20.9 Å². The highest BCUT2D eigenvalue weighted by molar-refractivity contribution is 9.10. The minimum Gasteiger partial charge on any atom is -0.450 e. The van der Waals surface area contributed by atoms with Gasteiger partial charge < -0.3 is 4.42 Å². The second-order valence-electron chi connectivity index (χ2n) is 7.00. The first-order valence-electron chi connectivity index (χ1n) is 9.12. The van der Waals surface area contributed by atoms with Crippen LogP contribution >= 0.6 is 15.9 Å². The first-order chi connectivity index (χ1) is 14.0. The number of aryl methyl sites for hydroxylation is 1. The Morgan fingerprint density at radius 2 is 1.86 bits per heavy atom. The number of rotatable bonds is 2. The zero-order chi connectivity index (χ0) is 20.1. The number of para-hydroxylation sites is 1. The molecular formula is C23H15BrN2O3. The van der Waals surface area contributed by atoms with Gasteiger partial charge in [-0.05, 0) is 48.4 Å². The molecule has 0 bridgehead atoms. The van der Waals surface area contributed by atoms with Crippen molar-refractivity contribution < 1.29 is 9.21 Å². The molecular weight excluding hydrogens is 432 g/mol. The molecule has 5 nitrogen and oxygen atoms in total. The molecule has 2 aromatic carbocycles. The summed E-state index contributed by atoms with van der Waals surface area (Å²) < 4.78 is 6.78. The molecule has 0 N–H and O–H groups in total. The van der Waals surface area contributed by atoms with Crippen LogP contribution in [0.3, 0.4) is 0 Å². The second kappa shape index (κ2) is 6.67. The van der Waals surface area contributed by atoms with Gasteiger partial charge in [-0.2, -0.15) is 0 Å². The summed E-state index contributed by atoms with van der Waals surface area (Å²) in [5.74, 6) is 0.172. The number of halogens is 1. The van der Waals surface area contributed by atoms with Gasteiger partial charge in [-0.15, -0.1) is 0 Å². The first-order valence-corrected chi connectivity index (χ1v) is 9.91. The molecule has 0 spiro atoms. The Bertz CT molecular complexity index is 1330. The van der Waals surface area contributed by atoms with Gasteiger partial charge in [0.15, 0.2) is 5.43 Å². The van der Waals surface area contributed by atoms with Crippen LogP contribution in [0.2, 0.25) is 0 Å². The molecule has 5 rings (SSSR count). The maximum absolute atomic E-state index is 13.4. The van der Waals surface area contributed by atoms with Crippen LogP contribution in [0, 0.1) is 6.92 Å². The highest BCUT2D eigenvalue weighted by Crippen LogP contribution is 2.40. The quantitative estimate of drug-likeness (QED) is 0.434. The Balaban J connectivity index is 1.82. The SMILES string of the molecule is Cc1ccc(N2C(=O)c3oc4ccccc4c(=O)c3[C@@H]2c2cccc(Br)c2)nc1. The molecule has 1 aliphatic rings. The highest BCUT2D eigenvalue weighted by Gasteiger charge is 2.44. The molecule has 0 aliphatic carbocycles. The topological polar surface area (TPSA) is 63.4 Å². The van der Waals surface area contributed by atoms with E-state index in [0.29, 0.717) is 22.4 Å². The Kier molecular flexibility index (Phi) is 4.10. The van der Waals surface area contributed by atoms with Crippen LogP contribution in [0.15, 0.2) is 80.5 Å². The van der Waals surface area contributed by atoms with Crippen molar-refractivity contribution in [3.63, 3.8) is 0 Å². The summed E-state index contributed by atoms with van der Waals surface area (Å²) in [6.07, 6.45) is 1.70. The molecule has 0 saturated heterocycles. The average molecular weight is 447 g/mol. The molecule has 1 amide bonds. The molecule has 4 aromatic rings. The first kappa shape index (κ1) is 17.8. The molecule has 0 radical (unpaired) electrons. The lowest BCUT2D eigenvalue weighted by Crippen LogP contribution is -2.30. The van der Waals surface area contributed by atoms with Crippen molar-refractivity contribution in [1.82, 2.24) is 4.98 Å². The Hall–Kier alpha value is -3.25. The molecule has 29 heavy (non-hydrogen) atoms. The van der Waals surface area contributed by atoms with Crippen LogP contribution in [0.1, 0.15) is 33.3 Å². The average Bonchev–Trinajstić information content (AvgIpc) is 3.02. The van der Waals surface area contributed by atoms with Crippen molar-refractivity contribution in [3.8, 4) is 0 Å². The number of anilines is 1. The number of pyridine rings is 1. The van der Waals surface area contributed by atoms with Crippen LogP contribution in [-0.4, -0.2) is 10.9 Å². The van der Waals surface area contributed by atoms with Crippen molar-refractivity contribution >= 4 is 38.6 Å². The lowest BCUT2D eigenvalue weighted by molar-refractivity contribution is 0.0970. The molecule has 1 atom stereocenters. The maximum atomic E-state index is 13.4. The van der Waals surface area contributed by atoms with Crippen LogP contribution in [-0.2, 0) is 0 Å². The minimum absolute atomic E-state index is 0.0704. The van der Waals surface area contributed by atoms with Gasteiger partial charge >= 0.3 is 0 Å². The Morgan fingerprint density at radius 1 is 1.03 bits per heavy atom. The largest absolute Gasteiger partial charge is 0.450 e. The summed E-state index contributed by atoms with van der Waals surface area (Å²) in [5, 5.41) is 0.456. The summed E-state index contributed by atoms with van der Waals surface area (Å²) in [5.41, 5.74) is 2.33. The van der Waals surface area contributed by atoms with Gasteiger partial charge in [0.2, 0.25) is 5.76 Å². The predicted octanol–water partition coefficient (Wildman–Crippen LogP) is 5.01. The number of hydrogen-bond acceptors (Lipinski definition) is 4. The number of fused-ring (bicyclic) bond motifs is 2. The van der Waals surface area contributed by atoms with Gasteiger partial charge in [0, 0.05) is 10.7 Å². The number of aromatic nitrogens is 1. The van der Waals surface area contributed by atoms with Gasteiger partial charge in [-0.1, -0.05) is 46.3 Å². The second-order valence-corrected chi connectivity index (χ2v) is 7.91. The number of carbonyl (C=O) groups excluding carboxylic acids is 1. The number of amides is 1. The fraction of sp³-hybridized carbons (Fsp3) is 0.0870. The predicted molar refractivity (Wildman–Crippen MR) is 114 cm³/mol. The summed E-state index contributed by atoms with van der Waals surface area (Å²) in [4.78, 5) is 32.8. The van der Waals surface area contributed by atoms with E-state index in [0.717, 1.165) is 15.6 Å². The number of carbonyl (C=O) groups is 1. The molecule has 0 unspecified atom stereocenters. The number of nitrogens with zero attached hydrogens (tertiary/aromatic N) is 2. The lowest BCUT2D eigenvalue weighted by atomic mass is 9.98. The van der Waals surface area contributed by atoms with E-state index in [1.807, 2.05) is 37.3 Å². The fourth-order valence-corrected chi connectivity index (χ4v) is 4.17. The van der Waals surface area contributed by atoms with Crippen molar-refractivity contribution in [2.45, 2.75) is 13.0 Å². The molecule has 1 aliphatic heterocycles. The monoisotopic (exact) mass is 446 g/mol. The molecule has 2 aromatic heterocycles. The number of benzene rings is 2. The van der Waals surface area contributed by atoms with E-state index >= 15 is 0 Å². The fourth-order valence-electron chi connectivity index (χ4n) is 3.75. The molecule has 3 heterocycles. The standard InChI is InChI=1S/C23H15BrN2O3/c1-13-9-10-18(25-12-13)26-20(14-5-4-6-15(24)11-14)19-21(27)16-7-2-3-8-17(16)29-22(19)23(26)28/h2-12,20H,1H3/t20-/m0/s1. The molecule has 0 saturated carbocycles. The third-order valence-electron chi connectivity index (χ3n) is 5.08. The van der Waals surface area contributed by atoms with Crippen molar-refractivity contribution in [2.75, 3.05) is 4.90 Å². The van der Waals surface area contributed by atoms with Gasteiger partial charge in [0.05, 0.1) is 17.0 Å². The summed E-state index contributed by atoms with van der Waals surface area (Å²) >= 11 is 3.49. The minimum atomic E-state index is -0.619. The molecule has 0 fully saturated rings. The number of hydrogen-bond donors (Lipinski definition) is 0. The van der Waals surface area contributed by atoms with Crippen LogP contribution in [0.4, 0.5) is 5.82 Å². The van der Waals surface area contributed by atoms with Crippen molar-refractivity contribution in [2.24, 2.45) is 0 Å². The summed E-state index contributed by atoms with van der Waals surface area (Å²) in [6.45, 7) is 1.93. The van der Waals surface area contributed by atoms with Gasteiger partial charge in [-0.3, -0.25) is 14.5 Å². The van der Waals surface area contributed by atoms with Crippen molar-refractivity contribution in [3.05, 3.63) is 104 Å². The summed E-state index contributed by atoms with van der Waals surface area (Å²) in [6, 6.07) is 17.6. The molecule has 142 valence electrons. The van der Waals surface area contributed by atoms with Gasteiger partial charge in [-0.25, -0.2) is 4.98 Å². The van der Waals surface area contributed by atoms with Gasteiger partial charge in [0.1, 0.15) is 11.4 Å². The van der Waals surface area contributed by atoms with E-state index in [1.54, 1.807) is 36.5 Å². The highest BCUT2D eigenvalue weighted by atomic mass is 79.9. The normalized spacial score (nSPS) is 15.7. The zero-order valence-electron chi connectivity index (χ0n) is 15.4. The zero-order valence-corrected chi connectivity index (χ0v) is 17.0. The van der Waals surface area contributed by atoms with Crippen LogP contribution in [0.25, 0.3) is 11.0 Å². The smallest absolute Gasteiger partial charge is 0.296 e.